The molecule has 24 heavy (non-hydrogen) atoms. The summed E-state index contributed by atoms with van der Waals surface area (Å²) in [6, 6.07) is 29.4. The van der Waals surface area contributed by atoms with E-state index in [1.165, 1.54) is 16.7 Å². The average molecular weight is 310 g/mol. The summed E-state index contributed by atoms with van der Waals surface area (Å²) in [4.78, 5) is 4.63. The first kappa shape index (κ1) is 14.5. The number of hydrogen-bond acceptors (Lipinski definition) is 1. The van der Waals surface area contributed by atoms with Crippen molar-refractivity contribution in [1.82, 2.24) is 9.55 Å². The van der Waals surface area contributed by atoms with Gasteiger partial charge in [-0.25, -0.2) is 4.98 Å². The monoisotopic (exact) mass is 310 g/mol. The minimum Gasteiger partial charge on any atom is -0.327 e. The predicted octanol–water partition coefficient (Wildman–Crippen LogP) is 5.42. The Morgan fingerprint density at radius 1 is 0.583 bits per heavy atom. The summed E-state index contributed by atoms with van der Waals surface area (Å²) < 4.78 is 2.15. The molecule has 116 valence electrons. The molecule has 0 saturated carbocycles. The zero-order valence-corrected chi connectivity index (χ0v) is 13.6. The largest absolute Gasteiger partial charge is 0.327 e. The van der Waals surface area contributed by atoms with Gasteiger partial charge in [0, 0.05) is 12.6 Å². The molecule has 0 atom stereocenters. The maximum atomic E-state index is 4.63. The van der Waals surface area contributed by atoms with Crippen molar-refractivity contribution in [2.75, 3.05) is 0 Å². The van der Waals surface area contributed by atoms with Crippen LogP contribution in [0.5, 0.6) is 0 Å². The van der Waals surface area contributed by atoms with Gasteiger partial charge in [0.05, 0.1) is 11.9 Å². The van der Waals surface area contributed by atoms with Crippen molar-refractivity contribution in [3.63, 3.8) is 0 Å². The molecule has 0 N–H and O–H groups in total. The van der Waals surface area contributed by atoms with Crippen LogP contribution in [0.1, 0.15) is 0 Å². The van der Waals surface area contributed by atoms with Gasteiger partial charge in [0.25, 0.3) is 0 Å². The number of hydrogen-bond donors (Lipinski definition) is 0. The first-order chi connectivity index (χ1) is 11.8. The molecule has 3 aromatic carbocycles. The molecule has 0 spiro atoms. The molecule has 0 aliphatic carbocycles. The second-order valence-corrected chi connectivity index (χ2v) is 5.84. The van der Waals surface area contributed by atoms with E-state index in [0.29, 0.717) is 0 Å². The van der Waals surface area contributed by atoms with Crippen LogP contribution in [0.2, 0.25) is 0 Å². The summed E-state index contributed by atoms with van der Waals surface area (Å²) in [7, 11) is 2.07. The topological polar surface area (TPSA) is 17.8 Å². The summed E-state index contributed by atoms with van der Waals surface area (Å²) in [5.74, 6) is 0.980. The molecule has 4 rings (SSSR count). The molecule has 2 heteroatoms. The van der Waals surface area contributed by atoms with E-state index in [0.717, 1.165) is 17.1 Å². The highest BCUT2D eigenvalue weighted by Gasteiger charge is 2.10. The van der Waals surface area contributed by atoms with Crippen LogP contribution in [0.25, 0.3) is 33.8 Å². The average Bonchev–Trinajstić information content (AvgIpc) is 3.05. The van der Waals surface area contributed by atoms with Gasteiger partial charge in [-0.15, -0.1) is 0 Å². The van der Waals surface area contributed by atoms with Gasteiger partial charge >= 0.3 is 0 Å². The van der Waals surface area contributed by atoms with Crippen molar-refractivity contribution in [3.8, 4) is 33.8 Å². The van der Waals surface area contributed by atoms with E-state index in [4.69, 9.17) is 0 Å². The molecular formula is C22H18N2. The lowest BCUT2D eigenvalue weighted by molar-refractivity contribution is 0.933. The van der Waals surface area contributed by atoms with Gasteiger partial charge in [0.15, 0.2) is 0 Å². The van der Waals surface area contributed by atoms with Crippen LogP contribution in [0, 0.1) is 0 Å². The van der Waals surface area contributed by atoms with E-state index in [2.05, 4.69) is 89.4 Å². The molecular weight excluding hydrogens is 292 g/mol. The van der Waals surface area contributed by atoms with Crippen molar-refractivity contribution in [1.29, 1.82) is 0 Å². The summed E-state index contributed by atoms with van der Waals surface area (Å²) in [6.07, 6.45) is 1.94. The van der Waals surface area contributed by atoms with Crippen LogP contribution in [-0.4, -0.2) is 9.55 Å². The second kappa shape index (κ2) is 6.17. The maximum Gasteiger partial charge on any atom is 0.140 e. The molecule has 0 radical (unpaired) electrons. The first-order valence-corrected chi connectivity index (χ1v) is 8.06. The predicted molar refractivity (Wildman–Crippen MR) is 99.5 cm³/mol. The normalized spacial score (nSPS) is 10.7. The highest BCUT2D eigenvalue weighted by molar-refractivity contribution is 5.70. The van der Waals surface area contributed by atoms with Crippen LogP contribution >= 0.6 is 0 Å². The lowest BCUT2D eigenvalue weighted by Crippen LogP contribution is -1.95. The Morgan fingerprint density at radius 2 is 1.08 bits per heavy atom. The standard InChI is InChI=1S/C22H18N2/c1-24-21(19-10-6-3-7-11-19)16-23-22(24)20-14-12-18(13-15-20)17-8-4-2-5-9-17/h2-16H,1H3. The van der Waals surface area contributed by atoms with Gasteiger partial charge < -0.3 is 4.57 Å². The molecule has 1 heterocycles. The molecule has 0 unspecified atom stereocenters. The van der Waals surface area contributed by atoms with Gasteiger partial charge in [-0.3, -0.25) is 0 Å². The third kappa shape index (κ3) is 2.63. The highest BCUT2D eigenvalue weighted by Crippen LogP contribution is 2.27. The van der Waals surface area contributed by atoms with Gasteiger partial charge in [0.2, 0.25) is 0 Å². The Bertz CT molecular complexity index is 936. The van der Waals surface area contributed by atoms with Gasteiger partial charge in [-0.1, -0.05) is 84.9 Å². The molecule has 0 fully saturated rings. The summed E-state index contributed by atoms with van der Waals surface area (Å²) in [5.41, 5.74) is 5.88. The van der Waals surface area contributed by atoms with Crippen LogP contribution in [0.4, 0.5) is 0 Å². The van der Waals surface area contributed by atoms with Crippen molar-refractivity contribution in [2.45, 2.75) is 0 Å². The van der Waals surface area contributed by atoms with E-state index in [-0.39, 0.29) is 0 Å². The number of aromatic nitrogens is 2. The third-order valence-corrected chi connectivity index (χ3v) is 4.31. The number of imidazole rings is 1. The quantitative estimate of drug-likeness (QED) is 0.494. The van der Waals surface area contributed by atoms with Crippen LogP contribution < -0.4 is 0 Å². The fraction of sp³-hybridized carbons (Fsp3) is 0.0455. The number of nitrogens with zero attached hydrogens (tertiary/aromatic N) is 2. The third-order valence-electron chi connectivity index (χ3n) is 4.31. The zero-order chi connectivity index (χ0) is 16.4. The lowest BCUT2D eigenvalue weighted by Gasteiger charge is -2.07. The minimum absolute atomic E-state index is 0.980. The van der Waals surface area contributed by atoms with E-state index in [9.17, 15) is 0 Å². The van der Waals surface area contributed by atoms with Crippen molar-refractivity contribution >= 4 is 0 Å². The summed E-state index contributed by atoms with van der Waals surface area (Å²) in [6.45, 7) is 0. The Morgan fingerprint density at radius 3 is 1.71 bits per heavy atom. The lowest BCUT2D eigenvalue weighted by atomic mass is 10.0. The molecule has 4 aromatic rings. The first-order valence-electron chi connectivity index (χ1n) is 8.06. The zero-order valence-electron chi connectivity index (χ0n) is 13.6. The molecule has 0 bridgehead atoms. The van der Waals surface area contributed by atoms with Crippen molar-refractivity contribution < 1.29 is 0 Å². The highest BCUT2D eigenvalue weighted by atomic mass is 15.1. The van der Waals surface area contributed by atoms with Gasteiger partial charge in [0.1, 0.15) is 5.82 Å². The molecule has 0 amide bonds. The SMILES string of the molecule is Cn1c(-c2ccccc2)cnc1-c1ccc(-c2ccccc2)cc1. The van der Waals surface area contributed by atoms with Gasteiger partial charge in [-0.05, 0) is 16.7 Å². The fourth-order valence-corrected chi connectivity index (χ4v) is 3.00. The van der Waals surface area contributed by atoms with Crippen LogP contribution in [-0.2, 0) is 7.05 Å². The Kier molecular flexibility index (Phi) is 3.72. The van der Waals surface area contributed by atoms with Crippen molar-refractivity contribution in [2.24, 2.45) is 7.05 Å². The van der Waals surface area contributed by atoms with E-state index < -0.39 is 0 Å². The van der Waals surface area contributed by atoms with E-state index >= 15 is 0 Å². The van der Waals surface area contributed by atoms with Gasteiger partial charge in [-0.2, -0.15) is 0 Å². The van der Waals surface area contributed by atoms with E-state index in [1.807, 2.05) is 18.3 Å². The number of rotatable bonds is 3. The van der Waals surface area contributed by atoms with E-state index in [1.54, 1.807) is 0 Å². The van der Waals surface area contributed by atoms with Crippen LogP contribution in [0.15, 0.2) is 91.1 Å². The Hall–Kier alpha value is -3.13. The smallest absolute Gasteiger partial charge is 0.140 e. The minimum atomic E-state index is 0.980. The summed E-state index contributed by atoms with van der Waals surface area (Å²) in [5, 5.41) is 0. The summed E-state index contributed by atoms with van der Waals surface area (Å²) >= 11 is 0. The number of benzene rings is 3. The molecule has 2 nitrogen and oxygen atoms in total. The van der Waals surface area contributed by atoms with Crippen LogP contribution in [0.3, 0.4) is 0 Å². The van der Waals surface area contributed by atoms with Crippen molar-refractivity contribution in [3.05, 3.63) is 91.1 Å². The second-order valence-electron chi connectivity index (χ2n) is 5.84. The molecule has 0 saturated heterocycles. The molecule has 1 aromatic heterocycles. The fourth-order valence-electron chi connectivity index (χ4n) is 3.00. The maximum absolute atomic E-state index is 4.63. The Labute approximate surface area is 142 Å². The Balaban J connectivity index is 1.69. The molecule has 0 aliphatic rings. The molecule has 0 aliphatic heterocycles.